The Hall–Kier alpha value is -2.32. The summed E-state index contributed by atoms with van der Waals surface area (Å²) in [7, 11) is 1.76. The van der Waals surface area contributed by atoms with E-state index in [4.69, 9.17) is 0 Å². The predicted molar refractivity (Wildman–Crippen MR) is 125 cm³/mol. The van der Waals surface area contributed by atoms with Gasteiger partial charge in [0.2, 0.25) is 0 Å². The molecule has 1 heterocycles. The van der Waals surface area contributed by atoms with E-state index in [1.54, 1.807) is 47.5 Å². The standard InChI is InChI=1S/C24H18F3NO2S.Na.H/c1-28(19-9-4-8-18(13-19)24(25,26)27)14-20-12-16-6-3-10-21(22(16)31-20)15-5-2-7-17(11-15)23(29)30;;/h2-13H,14H2,1H3,(H,29,30);;. The van der Waals surface area contributed by atoms with Gasteiger partial charge in [0.05, 0.1) is 17.7 Å². The number of hydrogen-bond donors (Lipinski definition) is 1. The maximum absolute atomic E-state index is 13.0. The zero-order valence-corrected chi connectivity index (χ0v) is 17.3. The first kappa shape index (κ1) is 24.3. The Balaban J connectivity index is 0.00000289. The molecule has 1 aromatic heterocycles. The maximum atomic E-state index is 13.0. The van der Waals surface area contributed by atoms with Crippen molar-refractivity contribution >= 4 is 62.6 Å². The number of halogens is 3. The molecule has 32 heavy (non-hydrogen) atoms. The van der Waals surface area contributed by atoms with Crippen LogP contribution < -0.4 is 4.90 Å². The van der Waals surface area contributed by atoms with Gasteiger partial charge in [0.25, 0.3) is 0 Å². The van der Waals surface area contributed by atoms with Crippen LogP contribution in [0.3, 0.4) is 0 Å². The zero-order valence-electron chi connectivity index (χ0n) is 16.5. The van der Waals surface area contributed by atoms with Crippen molar-refractivity contribution in [3.63, 3.8) is 0 Å². The first-order valence-electron chi connectivity index (χ1n) is 9.46. The molecule has 0 saturated carbocycles. The third-order valence-corrected chi connectivity index (χ3v) is 6.19. The Morgan fingerprint density at radius 1 is 1.00 bits per heavy atom. The van der Waals surface area contributed by atoms with Crippen molar-refractivity contribution in [1.29, 1.82) is 0 Å². The van der Waals surface area contributed by atoms with Crippen LogP contribution in [-0.2, 0) is 12.7 Å². The van der Waals surface area contributed by atoms with Crippen LogP contribution >= 0.6 is 11.3 Å². The van der Waals surface area contributed by atoms with Crippen LogP contribution in [0.1, 0.15) is 20.8 Å². The van der Waals surface area contributed by atoms with Crippen LogP contribution in [-0.4, -0.2) is 47.7 Å². The van der Waals surface area contributed by atoms with E-state index in [-0.39, 0.29) is 35.1 Å². The number of hydrogen-bond acceptors (Lipinski definition) is 3. The van der Waals surface area contributed by atoms with E-state index in [1.807, 2.05) is 30.3 Å². The predicted octanol–water partition coefficient (Wildman–Crippen LogP) is 6.27. The molecule has 0 aliphatic carbocycles. The average Bonchev–Trinajstić information content (AvgIpc) is 3.15. The number of carboxylic acid groups (broad SMARTS) is 1. The van der Waals surface area contributed by atoms with Gasteiger partial charge in [-0.05, 0) is 52.9 Å². The Labute approximate surface area is 209 Å². The van der Waals surface area contributed by atoms with Gasteiger partial charge >= 0.3 is 41.7 Å². The van der Waals surface area contributed by atoms with Gasteiger partial charge in [-0.15, -0.1) is 11.3 Å². The van der Waals surface area contributed by atoms with Gasteiger partial charge in [-0.25, -0.2) is 4.79 Å². The van der Waals surface area contributed by atoms with Gasteiger partial charge in [-0.2, -0.15) is 13.2 Å². The molecule has 3 aromatic carbocycles. The van der Waals surface area contributed by atoms with Gasteiger partial charge in [0, 0.05) is 22.3 Å². The van der Waals surface area contributed by atoms with E-state index in [9.17, 15) is 23.1 Å². The number of thiophene rings is 1. The molecule has 0 bridgehead atoms. The van der Waals surface area contributed by atoms with Crippen molar-refractivity contribution < 1.29 is 23.1 Å². The van der Waals surface area contributed by atoms with E-state index < -0.39 is 17.7 Å². The van der Waals surface area contributed by atoms with E-state index in [1.165, 1.54) is 6.07 Å². The number of carboxylic acids is 1. The SMILES string of the molecule is CN(Cc1cc2cccc(-c3cccc(C(=O)O)c3)c2s1)c1cccc(C(F)(F)F)c1.[NaH]. The molecule has 3 nitrogen and oxygen atoms in total. The summed E-state index contributed by atoms with van der Waals surface area (Å²) in [6.45, 7) is 0.454. The molecular weight excluding hydrogens is 446 g/mol. The second-order valence-electron chi connectivity index (χ2n) is 7.23. The molecule has 8 heteroatoms. The fraction of sp³-hybridized carbons (Fsp3) is 0.125. The minimum atomic E-state index is -4.38. The second-order valence-corrected chi connectivity index (χ2v) is 8.36. The summed E-state index contributed by atoms with van der Waals surface area (Å²) >= 11 is 1.55. The number of rotatable bonds is 5. The van der Waals surface area contributed by atoms with E-state index >= 15 is 0 Å². The van der Waals surface area contributed by atoms with Gasteiger partial charge in [0.1, 0.15) is 0 Å². The fourth-order valence-electron chi connectivity index (χ4n) is 3.49. The average molecular weight is 465 g/mol. The first-order valence-corrected chi connectivity index (χ1v) is 10.3. The summed E-state index contributed by atoms with van der Waals surface area (Å²) in [4.78, 5) is 14.1. The number of alkyl halides is 3. The number of nitrogens with zero attached hydrogens (tertiary/aromatic N) is 1. The zero-order chi connectivity index (χ0) is 22.2. The van der Waals surface area contributed by atoms with Crippen molar-refractivity contribution in [2.24, 2.45) is 0 Å². The molecule has 0 aliphatic rings. The quantitative estimate of drug-likeness (QED) is 0.353. The third kappa shape index (κ3) is 5.18. The van der Waals surface area contributed by atoms with E-state index in [2.05, 4.69) is 0 Å². The van der Waals surface area contributed by atoms with Gasteiger partial charge < -0.3 is 10.0 Å². The molecule has 0 saturated heterocycles. The summed E-state index contributed by atoms with van der Waals surface area (Å²) in [6, 6.07) is 19.9. The molecule has 4 rings (SSSR count). The number of anilines is 1. The Morgan fingerprint density at radius 3 is 2.44 bits per heavy atom. The fourth-order valence-corrected chi connectivity index (χ4v) is 4.73. The topological polar surface area (TPSA) is 40.5 Å². The summed E-state index contributed by atoms with van der Waals surface area (Å²) in [5.74, 6) is -0.983. The Morgan fingerprint density at radius 2 is 1.72 bits per heavy atom. The summed E-state index contributed by atoms with van der Waals surface area (Å²) < 4.78 is 40.1. The van der Waals surface area contributed by atoms with Gasteiger partial charge in [-0.3, -0.25) is 0 Å². The number of aromatic carboxylic acids is 1. The van der Waals surface area contributed by atoms with Crippen LogP contribution in [0, 0.1) is 0 Å². The van der Waals surface area contributed by atoms with Crippen LogP contribution in [0.15, 0.2) is 72.8 Å². The van der Waals surface area contributed by atoms with Gasteiger partial charge in [-0.1, -0.05) is 36.4 Å². The molecular formula is C24H19F3NNaO2S. The van der Waals surface area contributed by atoms with Crippen molar-refractivity contribution in [2.45, 2.75) is 12.7 Å². The summed E-state index contributed by atoms with van der Waals surface area (Å²) in [5, 5.41) is 10.3. The molecule has 0 radical (unpaired) electrons. The molecule has 0 fully saturated rings. The van der Waals surface area contributed by atoms with Gasteiger partial charge in [0.15, 0.2) is 0 Å². The molecule has 4 aromatic rings. The normalized spacial score (nSPS) is 11.2. The van der Waals surface area contributed by atoms with Crippen molar-refractivity contribution in [2.75, 3.05) is 11.9 Å². The van der Waals surface area contributed by atoms with Crippen molar-refractivity contribution in [3.05, 3.63) is 88.8 Å². The molecule has 1 N–H and O–H groups in total. The Kier molecular flexibility index (Phi) is 7.35. The van der Waals surface area contributed by atoms with Crippen LogP contribution in [0.5, 0.6) is 0 Å². The van der Waals surface area contributed by atoms with Crippen molar-refractivity contribution in [1.82, 2.24) is 0 Å². The molecule has 0 unspecified atom stereocenters. The van der Waals surface area contributed by atoms with E-state index in [0.717, 1.165) is 38.2 Å². The number of fused-ring (bicyclic) bond motifs is 1. The summed E-state index contributed by atoms with van der Waals surface area (Å²) in [6.07, 6.45) is -4.38. The second kappa shape index (κ2) is 9.67. The molecule has 0 aliphatic heterocycles. The molecule has 0 spiro atoms. The third-order valence-electron chi connectivity index (χ3n) is 5.02. The molecule has 0 amide bonds. The van der Waals surface area contributed by atoms with Crippen molar-refractivity contribution in [3.8, 4) is 11.1 Å². The molecule has 160 valence electrons. The van der Waals surface area contributed by atoms with Crippen LogP contribution in [0.4, 0.5) is 18.9 Å². The Bertz CT molecular complexity index is 1270. The van der Waals surface area contributed by atoms with Crippen LogP contribution in [0.25, 0.3) is 21.2 Å². The minimum absolute atomic E-state index is 0. The number of benzene rings is 3. The molecule has 0 atom stereocenters. The monoisotopic (exact) mass is 465 g/mol. The number of carbonyl (C=O) groups is 1. The summed E-state index contributed by atoms with van der Waals surface area (Å²) in [5.41, 5.74) is 1.77. The first-order chi connectivity index (χ1) is 14.7. The van der Waals surface area contributed by atoms with Crippen LogP contribution in [0.2, 0.25) is 0 Å². The van der Waals surface area contributed by atoms with E-state index in [0.29, 0.717) is 12.2 Å².